The summed E-state index contributed by atoms with van der Waals surface area (Å²) in [5.41, 5.74) is 1.47. The lowest BCUT2D eigenvalue weighted by atomic mass is 10.0. The molecule has 0 unspecified atom stereocenters. The maximum Gasteiger partial charge on any atom is 0.345 e. The molecule has 3 N–H and O–H groups in total. The number of hydrogen-bond donors (Lipinski definition) is 3. The molecule has 6 nitrogen and oxygen atoms in total. The second kappa shape index (κ2) is 4.74. The number of carboxylic acids is 1. The van der Waals surface area contributed by atoms with E-state index in [4.69, 9.17) is 5.11 Å². The van der Waals surface area contributed by atoms with Crippen LogP contribution >= 0.6 is 0 Å². The maximum absolute atomic E-state index is 12.1. The molecule has 4 rings (SSSR count). The molecule has 0 fully saturated rings. The molecule has 1 aliphatic heterocycles. The third kappa shape index (κ3) is 1.88. The molecular weight excluding hydrogens is 296 g/mol. The number of hydrogen-bond acceptors (Lipinski definition) is 3. The number of nitrogens with one attached hydrogen (secondary N) is 1. The highest BCUT2D eigenvalue weighted by molar-refractivity contribution is 5.93. The molecule has 0 atom stereocenters. The van der Waals surface area contributed by atoms with Crippen molar-refractivity contribution in [1.82, 2.24) is 9.55 Å². The van der Waals surface area contributed by atoms with Crippen molar-refractivity contribution in [1.29, 1.82) is 0 Å². The van der Waals surface area contributed by atoms with Gasteiger partial charge in [0.05, 0.1) is 11.4 Å². The quantitative estimate of drug-likeness (QED) is 0.643. The zero-order valence-corrected chi connectivity index (χ0v) is 12.2. The molecule has 6 heteroatoms. The van der Waals surface area contributed by atoms with Gasteiger partial charge in [0, 0.05) is 23.0 Å². The number of pyridine rings is 1. The number of benzene rings is 1. The monoisotopic (exact) mass is 310 g/mol. The van der Waals surface area contributed by atoms with Crippen molar-refractivity contribution in [2.75, 3.05) is 0 Å². The van der Waals surface area contributed by atoms with Crippen molar-refractivity contribution in [2.45, 2.75) is 19.4 Å². The highest BCUT2D eigenvalue weighted by Crippen LogP contribution is 2.36. The average Bonchev–Trinajstić information content (AvgIpc) is 2.78. The number of carboxylic acid groups (broad SMARTS) is 1. The molecule has 0 radical (unpaired) electrons. The van der Waals surface area contributed by atoms with Gasteiger partial charge in [-0.2, -0.15) is 0 Å². The number of aromatic hydroxyl groups is 1. The Morgan fingerprint density at radius 3 is 2.83 bits per heavy atom. The minimum atomic E-state index is -1.42. The predicted octanol–water partition coefficient (Wildman–Crippen LogP) is 2.35. The van der Waals surface area contributed by atoms with Crippen molar-refractivity contribution in [2.24, 2.45) is 0 Å². The van der Waals surface area contributed by atoms with E-state index < -0.39 is 22.8 Å². The van der Waals surface area contributed by atoms with Crippen LogP contribution in [0, 0.1) is 0 Å². The molecule has 0 bridgehead atoms. The second-order valence-electron chi connectivity index (χ2n) is 5.68. The first-order valence-electron chi connectivity index (χ1n) is 7.38. The molecule has 0 saturated carbocycles. The number of rotatable bonds is 1. The number of para-hydroxylation sites is 1. The Labute approximate surface area is 130 Å². The van der Waals surface area contributed by atoms with Gasteiger partial charge in [-0.1, -0.05) is 18.2 Å². The third-order valence-corrected chi connectivity index (χ3v) is 4.38. The van der Waals surface area contributed by atoms with Gasteiger partial charge in [0.2, 0.25) is 0 Å². The molecule has 23 heavy (non-hydrogen) atoms. The maximum atomic E-state index is 12.1. The normalized spacial score (nSPS) is 13.4. The number of aromatic nitrogens is 2. The standard InChI is InChI=1S/C17H14N2O4/c20-15-10-5-3-7-19-11-6-2-1-4-9(11)8-12(19)14(10)18-16(21)13(15)17(22)23/h1-2,4,6,8H,3,5,7H2,(H,22,23)(H2,18,20,21). The summed E-state index contributed by atoms with van der Waals surface area (Å²) in [5.74, 6) is -1.84. The zero-order valence-electron chi connectivity index (χ0n) is 12.2. The van der Waals surface area contributed by atoms with E-state index in [0.717, 1.165) is 29.6 Å². The molecule has 3 aromatic rings. The fraction of sp³-hybridized carbons (Fsp3) is 0.176. The van der Waals surface area contributed by atoms with E-state index in [0.29, 0.717) is 17.7 Å². The van der Waals surface area contributed by atoms with E-state index in [-0.39, 0.29) is 0 Å². The highest BCUT2D eigenvalue weighted by Gasteiger charge is 2.26. The molecule has 1 aromatic carbocycles. The van der Waals surface area contributed by atoms with Gasteiger partial charge in [-0.15, -0.1) is 0 Å². The Balaban J connectivity index is 2.09. The number of aryl methyl sites for hydroxylation is 1. The molecule has 1 aliphatic rings. The minimum Gasteiger partial charge on any atom is -0.506 e. The Kier molecular flexibility index (Phi) is 2.81. The van der Waals surface area contributed by atoms with Gasteiger partial charge >= 0.3 is 5.97 Å². The molecule has 116 valence electrons. The van der Waals surface area contributed by atoms with E-state index >= 15 is 0 Å². The molecule has 2 aromatic heterocycles. The van der Waals surface area contributed by atoms with Gasteiger partial charge in [-0.05, 0) is 25.0 Å². The van der Waals surface area contributed by atoms with Crippen LogP contribution in [0.1, 0.15) is 22.3 Å². The Bertz CT molecular complexity index is 1010. The van der Waals surface area contributed by atoms with Crippen molar-refractivity contribution in [3.63, 3.8) is 0 Å². The Hall–Kier alpha value is -3.02. The summed E-state index contributed by atoms with van der Waals surface area (Å²) in [6.07, 6.45) is 1.26. The number of nitrogens with zero attached hydrogens (tertiary/aromatic N) is 1. The number of carbonyl (C=O) groups is 1. The molecule has 0 aliphatic carbocycles. The summed E-state index contributed by atoms with van der Waals surface area (Å²) < 4.78 is 2.09. The number of H-pyrrole nitrogens is 1. The van der Waals surface area contributed by atoms with E-state index in [2.05, 4.69) is 9.55 Å². The van der Waals surface area contributed by atoms with Crippen molar-refractivity contribution in [3.05, 3.63) is 51.8 Å². The van der Waals surface area contributed by atoms with Crippen molar-refractivity contribution in [3.8, 4) is 17.1 Å². The van der Waals surface area contributed by atoms with Crippen LogP contribution in [0.3, 0.4) is 0 Å². The fourth-order valence-electron chi connectivity index (χ4n) is 3.36. The van der Waals surface area contributed by atoms with Crippen LogP contribution in [0.2, 0.25) is 0 Å². The molecule has 0 spiro atoms. The SMILES string of the molecule is O=C(O)c1c(O)c2c([nH]c1=O)-c1cc3ccccc3n1CCC2. The predicted molar refractivity (Wildman–Crippen MR) is 84.9 cm³/mol. The molecule has 0 saturated heterocycles. The average molecular weight is 310 g/mol. The van der Waals surface area contributed by atoms with Crippen LogP contribution in [0.5, 0.6) is 5.75 Å². The summed E-state index contributed by atoms with van der Waals surface area (Å²) in [7, 11) is 0. The summed E-state index contributed by atoms with van der Waals surface area (Å²) in [5, 5.41) is 20.5. The van der Waals surface area contributed by atoms with Crippen LogP contribution in [0.4, 0.5) is 0 Å². The van der Waals surface area contributed by atoms with Crippen molar-refractivity contribution >= 4 is 16.9 Å². The van der Waals surface area contributed by atoms with Gasteiger partial charge in [-0.25, -0.2) is 4.79 Å². The van der Waals surface area contributed by atoms with Crippen LogP contribution in [0.25, 0.3) is 22.3 Å². The van der Waals surface area contributed by atoms with Crippen LogP contribution in [-0.4, -0.2) is 25.7 Å². The zero-order chi connectivity index (χ0) is 16.1. The van der Waals surface area contributed by atoms with Gasteiger partial charge in [0.1, 0.15) is 5.75 Å². The number of fused-ring (bicyclic) bond motifs is 5. The highest BCUT2D eigenvalue weighted by atomic mass is 16.4. The smallest absolute Gasteiger partial charge is 0.345 e. The number of aromatic carboxylic acids is 1. The third-order valence-electron chi connectivity index (χ3n) is 4.38. The first-order valence-corrected chi connectivity index (χ1v) is 7.38. The summed E-state index contributed by atoms with van der Waals surface area (Å²) in [6, 6.07) is 9.84. The van der Waals surface area contributed by atoms with Gasteiger partial charge in [-0.3, -0.25) is 4.79 Å². The van der Waals surface area contributed by atoms with Crippen LogP contribution in [0.15, 0.2) is 35.1 Å². The van der Waals surface area contributed by atoms with Crippen LogP contribution in [-0.2, 0) is 13.0 Å². The van der Waals surface area contributed by atoms with E-state index in [1.807, 2.05) is 30.3 Å². The minimum absolute atomic E-state index is 0.421. The Morgan fingerprint density at radius 2 is 2.04 bits per heavy atom. The lowest BCUT2D eigenvalue weighted by Gasteiger charge is -2.10. The second-order valence-corrected chi connectivity index (χ2v) is 5.68. The van der Waals surface area contributed by atoms with E-state index in [9.17, 15) is 14.7 Å². The first kappa shape index (κ1) is 13.6. The topological polar surface area (TPSA) is 95.3 Å². The Morgan fingerprint density at radius 1 is 1.26 bits per heavy atom. The lowest BCUT2D eigenvalue weighted by Crippen LogP contribution is -2.20. The molecule has 3 heterocycles. The first-order chi connectivity index (χ1) is 11.1. The summed E-state index contributed by atoms with van der Waals surface area (Å²) in [6.45, 7) is 0.738. The lowest BCUT2D eigenvalue weighted by molar-refractivity contribution is 0.0691. The summed E-state index contributed by atoms with van der Waals surface area (Å²) >= 11 is 0. The molecule has 0 amide bonds. The van der Waals surface area contributed by atoms with Gasteiger partial charge in [0.15, 0.2) is 5.56 Å². The van der Waals surface area contributed by atoms with Gasteiger partial charge in [0.25, 0.3) is 5.56 Å². The van der Waals surface area contributed by atoms with E-state index in [1.165, 1.54) is 0 Å². The fourth-order valence-corrected chi connectivity index (χ4v) is 3.36. The number of aromatic amines is 1. The van der Waals surface area contributed by atoms with Crippen LogP contribution < -0.4 is 5.56 Å². The van der Waals surface area contributed by atoms with E-state index in [1.54, 1.807) is 0 Å². The molecular formula is C17H14N2O4. The summed E-state index contributed by atoms with van der Waals surface area (Å²) in [4.78, 5) is 26.0. The largest absolute Gasteiger partial charge is 0.506 e. The van der Waals surface area contributed by atoms with Crippen molar-refractivity contribution < 1.29 is 15.0 Å². The van der Waals surface area contributed by atoms with Gasteiger partial charge < -0.3 is 19.8 Å².